The van der Waals surface area contributed by atoms with E-state index in [-0.39, 0.29) is 11.7 Å². The van der Waals surface area contributed by atoms with E-state index in [1.165, 1.54) is 12.8 Å². The third kappa shape index (κ3) is 6.13. The predicted octanol–water partition coefficient (Wildman–Crippen LogP) is 2.07. The summed E-state index contributed by atoms with van der Waals surface area (Å²) in [5, 5.41) is 9.39. The first-order chi connectivity index (χ1) is 6.95. The molecule has 0 saturated heterocycles. The minimum absolute atomic E-state index is 0.153. The molecule has 0 aromatic heterocycles. The highest BCUT2D eigenvalue weighted by Gasteiger charge is 2.26. The van der Waals surface area contributed by atoms with Gasteiger partial charge >= 0.3 is 0 Å². The molecule has 0 amide bonds. The summed E-state index contributed by atoms with van der Waals surface area (Å²) in [6.45, 7) is 8.35. The maximum Gasteiger partial charge on any atom is 0.0811 e. The first-order valence-corrected chi connectivity index (χ1v) is 6.01. The van der Waals surface area contributed by atoms with Gasteiger partial charge in [0.1, 0.15) is 0 Å². The van der Waals surface area contributed by atoms with Gasteiger partial charge in [-0.2, -0.15) is 0 Å². The number of nitrogens with two attached hydrogens (primary N) is 1. The van der Waals surface area contributed by atoms with E-state index in [9.17, 15) is 5.11 Å². The second-order valence-electron chi connectivity index (χ2n) is 4.67. The van der Waals surface area contributed by atoms with E-state index in [2.05, 4.69) is 6.92 Å². The van der Waals surface area contributed by atoms with Crippen molar-refractivity contribution in [2.45, 2.75) is 71.2 Å². The molecule has 0 radical (unpaired) electrons. The zero-order valence-electron chi connectivity index (χ0n) is 10.6. The molecule has 0 aliphatic carbocycles. The molecule has 0 saturated carbocycles. The van der Waals surface area contributed by atoms with Crippen LogP contribution >= 0.6 is 0 Å². The summed E-state index contributed by atoms with van der Waals surface area (Å²) in [6, 6.07) is 0. The first kappa shape index (κ1) is 14.9. The fraction of sp³-hybridized carbons (Fsp3) is 1.00. The molecule has 92 valence electrons. The van der Waals surface area contributed by atoms with Gasteiger partial charge in [-0.25, -0.2) is 0 Å². The highest BCUT2D eigenvalue weighted by molar-refractivity contribution is 4.78. The minimum Gasteiger partial charge on any atom is -0.391 e. The number of aliphatic hydroxyl groups excluding tert-OH is 1. The Morgan fingerprint density at radius 1 is 1.33 bits per heavy atom. The van der Waals surface area contributed by atoms with Crippen LogP contribution in [0.25, 0.3) is 0 Å². The maximum absolute atomic E-state index is 9.39. The average Bonchev–Trinajstić information content (AvgIpc) is 2.18. The van der Waals surface area contributed by atoms with Crippen LogP contribution < -0.4 is 5.73 Å². The van der Waals surface area contributed by atoms with Crippen molar-refractivity contribution in [3.63, 3.8) is 0 Å². The Bertz CT molecular complexity index is 162. The summed E-state index contributed by atoms with van der Waals surface area (Å²) in [4.78, 5) is 0. The zero-order valence-corrected chi connectivity index (χ0v) is 10.6. The standard InChI is InChI=1S/C12H27NO2/c1-5-6-7-8-12(4,9-13)15-11(3)10(2)14/h10-11,14H,5-9,13H2,1-4H3. The molecule has 0 aromatic carbocycles. The highest BCUT2D eigenvalue weighted by Crippen LogP contribution is 2.21. The SMILES string of the molecule is CCCCCC(C)(CN)OC(C)C(C)O. The number of hydrogen-bond donors (Lipinski definition) is 2. The molecule has 0 fully saturated rings. The summed E-state index contributed by atoms with van der Waals surface area (Å²) < 4.78 is 5.82. The van der Waals surface area contributed by atoms with Gasteiger partial charge in [0.05, 0.1) is 17.8 Å². The number of aliphatic hydroxyl groups is 1. The van der Waals surface area contributed by atoms with Gasteiger partial charge in [-0.15, -0.1) is 0 Å². The fourth-order valence-corrected chi connectivity index (χ4v) is 1.51. The lowest BCUT2D eigenvalue weighted by Gasteiger charge is -2.33. The summed E-state index contributed by atoms with van der Waals surface area (Å²) in [5.41, 5.74) is 5.44. The topological polar surface area (TPSA) is 55.5 Å². The van der Waals surface area contributed by atoms with Crippen molar-refractivity contribution in [2.24, 2.45) is 5.73 Å². The van der Waals surface area contributed by atoms with Crippen molar-refractivity contribution < 1.29 is 9.84 Å². The van der Waals surface area contributed by atoms with Crippen LogP contribution in [0.1, 0.15) is 53.4 Å². The van der Waals surface area contributed by atoms with E-state index < -0.39 is 6.10 Å². The summed E-state index contributed by atoms with van der Waals surface area (Å²) in [6.07, 6.45) is 3.92. The van der Waals surface area contributed by atoms with E-state index in [4.69, 9.17) is 10.5 Å². The van der Waals surface area contributed by atoms with Crippen LogP contribution in [0.3, 0.4) is 0 Å². The van der Waals surface area contributed by atoms with Crippen molar-refractivity contribution in [3.8, 4) is 0 Å². The van der Waals surface area contributed by atoms with Crippen molar-refractivity contribution in [1.82, 2.24) is 0 Å². The lowest BCUT2D eigenvalue weighted by atomic mass is 9.97. The highest BCUT2D eigenvalue weighted by atomic mass is 16.5. The van der Waals surface area contributed by atoms with Crippen molar-refractivity contribution in [2.75, 3.05) is 6.54 Å². The Labute approximate surface area is 94.0 Å². The smallest absolute Gasteiger partial charge is 0.0811 e. The lowest BCUT2D eigenvalue weighted by molar-refractivity contribution is -0.114. The summed E-state index contributed by atoms with van der Waals surface area (Å²) in [5.74, 6) is 0. The van der Waals surface area contributed by atoms with Crippen molar-refractivity contribution in [1.29, 1.82) is 0 Å². The van der Waals surface area contributed by atoms with E-state index in [0.29, 0.717) is 6.54 Å². The van der Waals surface area contributed by atoms with Crippen molar-refractivity contribution >= 4 is 0 Å². The van der Waals surface area contributed by atoms with Gasteiger partial charge in [-0.3, -0.25) is 0 Å². The molecular formula is C12H27NO2. The Hall–Kier alpha value is -0.120. The summed E-state index contributed by atoms with van der Waals surface area (Å²) >= 11 is 0. The van der Waals surface area contributed by atoms with Crippen LogP contribution in [0.4, 0.5) is 0 Å². The molecule has 3 atom stereocenters. The number of rotatable bonds is 8. The maximum atomic E-state index is 9.39. The molecule has 3 unspecified atom stereocenters. The van der Waals surface area contributed by atoms with E-state index >= 15 is 0 Å². The third-order valence-corrected chi connectivity index (χ3v) is 2.89. The third-order valence-electron chi connectivity index (χ3n) is 2.89. The van der Waals surface area contributed by atoms with Gasteiger partial charge in [-0.1, -0.05) is 26.2 Å². The molecule has 0 bridgehead atoms. The second kappa shape index (κ2) is 7.20. The Morgan fingerprint density at radius 2 is 1.93 bits per heavy atom. The number of hydrogen-bond acceptors (Lipinski definition) is 3. The number of unbranched alkanes of at least 4 members (excludes halogenated alkanes) is 2. The number of ether oxygens (including phenoxy) is 1. The van der Waals surface area contributed by atoms with Crippen LogP contribution in [-0.2, 0) is 4.74 Å². The average molecular weight is 217 g/mol. The van der Waals surface area contributed by atoms with Gasteiger partial charge in [0.2, 0.25) is 0 Å². The van der Waals surface area contributed by atoms with Crippen LogP contribution in [0.5, 0.6) is 0 Å². The minimum atomic E-state index is -0.443. The van der Waals surface area contributed by atoms with Gasteiger partial charge in [0.15, 0.2) is 0 Å². The molecule has 3 heteroatoms. The van der Waals surface area contributed by atoms with Gasteiger partial charge < -0.3 is 15.6 Å². The zero-order chi connectivity index (χ0) is 11.9. The van der Waals surface area contributed by atoms with Crippen molar-refractivity contribution in [3.05, 3.63) is 0 Å². The Morgan fingerprint density at radius 3 is 2.33 bits per heavy atom. The molecule has 0 aromatic rings. The molecular weight excluding hydrogens is 190 g/mol. The molecule has 0 aliphatic heterocycles. The second-order valence-corrected chi connectivity index (χ2v) is 4.67. The summed E-state index contributed by atoms with van der Waals surface area (Å²) in [7, 11) is 0. The molecule has 0 heterocycles. The van der Waals surface area contributed by atoms with Crippen LogP contribution in [0, 0.1) is 0 Å². The fourth-order valence-electron chi connectivity index (χ4n) is 1.51. The van der Waals surface area contributed by atoms with Gasteiger partial charge in [0, 0.05) is 6.54 Å². The van der Waals surface area contributed by atoms with Crippen LogP contribution in [0.15, 0.2) is 0 Å². The molecule has 3 nitrogen and oxygen atoms in total. The molecule has 0 aliphatic rings. The quantitative estimate of drug-likeness (QED) is 0.612. The molecule has 0 spiro atoms. The van der Waals surface area contributed by atoms with Crippen LogP contribution in [0.2, 0.25) is 0 Å². The lowest BCUT2D eigenvalue weighted by Crippen LogP contribution is -2.42. The molecule has 3 N–H and O–H groups in total. The van der Waals surface area contributed by atoms with E-state index in [1.807, 2.05) is 13.8 Å². The normalized spacial score (nSPS) is 19.6. The molecule has 15 heavy (non-hydrogen) atoms. The first-order valence-electron chi connectivity index (χ1n) is 6.01. The Kier molecular flexibility index (Phi) is 7.14. The van der Waals surface area contributed by atoms with E-state index in [1.54, 1.807) is 6.92 Å². The van der Waals surface area contributed by atoms with E-state index in [0.717, 1.165) is 12.8 Å². The largest absolute Gasteiger partial charge is 0.391 e. The predicted molar refractivity (Wildman–Crippen MR) is 63.8 cm³/mol. The Balaban J connectivity index is 4.05. The molecule has 0 rings (SSSR count). The van der Waals surface area contributed by atoms with Gasteiger partial charge in [-0.05, 0) is 27.2 Å². The monoisotopic (exact) mass is 217 g/mol. The van der Waals surface area contributed by atoms with Gasteiger partial charge in [0.25, 0.3) is 0 Å². The van der Waals surface area contributed by atoms with Crippen LogP contribution in [-0.4, -0.2) is 29.5 Å².